The van der Waals surface area contributed by atoms with E-state index in [-0.39, 0.29) is 0 Å². The lowest BCUT2D eigenvalue weighted by molar-refractivity contribution is 0.681. The zero-order valence-corrected chi connectivity index (χ0v) is 13.0. The van der Waals surface area contributed by atoms with Crippen LogP contribution in [0.4, 0.5) is 0 Å². The minimum atomic E-state index is 0.780. The molecule has 2 aromatic heterocycles. The van der Waals surface area contributed by atoms with Gasteiger partial charge in [-0.3, -0.25) is 4.68 Å². The van der Waals surface area contributed by atoms with Crippen molar-refractivity contribution in [2.24, 2.45) is 7.05 Å². The number of aromatic amines is 1. The third-order valence-electron chi connectivity index (χ3n) is 3.95. The zero-order chi connectivity index (χ0) is 14.8. The van der Waals surface area contributed by atoms with Crippen LogP contribution >= 0.6 is 11.6 Å². The van der Waals surface area contributed by atoms with Crippen LogP contribution < -0.4 is 5.32 Å². The molecule has 110 valence electrons. The Morgan fingerprint density at radius 3 is 2.95 bits per heavy atom. The van der Waals surface area contributed by atoms with Crippen molar-refractivity contribution in [2.45, 2.75) is 19.9 Å². The lowest BCUT2D eigenvalue weighted by Crippen LogP contribution is -2.17. The molecular weight excluding hydrogens is 284 g/mol. The molecule has 1 aromatic carbocycles. The van der Waals surface area contributed by atoms with Gasteiger partial charge in [-0.25, -0.2) is 0 Å². The van der Waals surface area contributed by atoms with Gasteiger partial charge in [0.15, 0.2) is 0 Å². The number of H-pyrrole nitrogens is 1. The summed E-state index contributed by atoms with van der Waals surface area (Å²) < 4.78 is 1.90. The first-order chi connectivity index (χ1) is 10.1. The summed E-state index contributed by atoms with van der Waals surface area (Å²) in [6, 6.07) is 5.95. The molecule has 0 aliphatic heterocycles. The van der Waals surface area contributed by atoms with E-state index in [1.54, 1.807) is 0 Å². The first kappa shape index (κ1) is 14.2. The molecule has 0 amide bonds. The van der Waals surface area contributed by atoms with E-state index in [0.717, 1.165) is 30.0 Å². The SMILES string of the molecule is Cc1c(CNCCc2c[nH]c3ccc(Cl)cc23)cnn1C. The number of fused-ring (bicyclic) bond motifs is 1. The van der Waals surface area contributed by atoms with Gasteiger partial charge < -0.3 is 10.3 Å². The number of halogens is 1. The summed E-state index contributed by atoms with van der Waals surface area (Å²) in [4.78, 5) is 3.29. The zero-order valence-electron chi connectivity index (χ0n) is 12.3. The van der Waals surface area contributed by atoms with Crippen LogP contribution in [0.2, 0.25) is 5.02 Å². The van der Waals surface area contributed by atoms with E-state index in [9.17, 15) is 0 Å². The van der Waals surface area contributed by atoms with Crippen LogP contribution in [0.3, 0.4) is 0 Å². The molecule has 0 aliphatic rings. The maximum Gasteiger partial charge on any atom is 0.0537 e. The third kappa shape index (κ3) is 2.96. The van der Waals surface area contributed by atoms with E-state index in [1.807, 2.05) is 36.1 Å². The number of aromatic nitrogens is 3. The summed E-state index contributed by atoms with van der Waals surface area (Å²) in [6.07, 6.45) is 4.96. The Hall–Kier alpha value is -1.78. The second-order valence-electron chi connectivity index (χ2n) is 5.31. The van der Waals surface area contributed by atoms with Crippen molar-refractivity contribution in [2.75, 3.05) is 6.54 Å². The van der Waals surface area contributed by atoms with Gasteiger partial charge in [0.2, 0.25) is 0 Å². The first-order valence-electron chi connectivity index (χ1n) is 7.09. The second kappa shape index (κ2) is 5.92. The molecule has 3 aromatic rings. The standard InChI is InChI=1S/C16H19ClN4/c1-11-13(10-20-21(11)2)8-18-6-5-12-9-19-16-4-3-14(17)7-15(12)16/h3-4,7,9-10,18-19H,5-6,8H2,1-2H3. The van der Waals surface area contributed by atoms with Crippen LogP contribution in [-0.4, -0.2) is 21.3 Å². The number of hydrogen-bond acceptors (Lipinski definition) is 2. The minimum Gasteiger partial charge on any atom is -0.361 e. The van der Waals surface area contributed by atoms with E-state index in [2.05, 4.69) is 28.5 Å². The highest BCUT2D eigenvalue weighted by atomic mass is 35.5. The Kier molecular flexibility index (Phi) is 3.99. The molecule has 0 unspecified atom stereocenters. The number of nitrogens with zero attached hydrogens (tertiary/aromatic N) is 2. The van der Waals surface area contributed by atoms with Crippen LogP contribution in [0.1, 0.15) is 16.8 Å². The van der Waals surface area contributed by atoms with Gasteiger partial charge in [-0.1, -0.05) is 11.6 Å². The molecule has 5 heteroatoms. The summed E-state index contributed by atoms with van der Waals surface area (Å²) >= 11 is 6.07. The fourth-order valence-electron chi connectivity index (χ4n) is 2.52. The van der Waals surface area contributed by atoms with Gasteiger partial charge in [0, 0.05) is 47.0 Å². The van der Waals surface area contributed by atoms with Crippen molar-refractivity contribution in [3.05, 3.63) is 52.4 Å². The van der Waals surface area contributed by atoms with Crippen LogP contribution in [0.5, 0.6) is 0 Å². The average molecular weight is 303 g/mol. The van der Waals surface area contributed by atoms with E-state index in [4.69, 9.17) is 11.6 Å². The minimum absolute atomic E-state index is 0.780. The smallest absolute Gasteiger partial charge is 0.0537 e. The van der Waals surface area contributed by atoms with Gasteiger partial charge in [0.25, 0.3) is 0 Å². The molecule has 0 fully saturated rings. The molecular formula is C16H19ClN4. The van der Waals surface area contributed by atoms with Crippen LogP contribution in [0, 0.1) is 6.92 Å². The molecule has 0 aliphatic carbocycles. The van der Waals surface area contributed by atoms with E-state index in [1.165, 1.54) is 22.2 Å². The van der Waals surface area contributed by atoms with E-state index >= 15 is 0 Å². The van der Waals surface area contributed by atoms with Gasteiger partial charge in [0.1, 0.15) is 0 Å². The molecule has 0 saturated heterocycles. The Labute approximate surface area is 129 Å². The lowest BCUT2D eigenvalue weighted by Gasteiger charge is -2.04. The average Bonchev–Trinajstić information content (AvgIpc) is 3.01. The van der Waals surface area contributed by atoms with Crippen LogP contribution in [0.25, 0.3) is 10.9 Å². The number of hydrogen-bond donors (Lipinski definition) is 2. The highest BCUT2D eigenvalue weighted by Crippen LogP contribution is 2.22. The largest absolute Gasteiger partial charge is 0.361 e. The molecule has 2 N–H and O–H groups in total. The Morgan fingerprint density at radius 2 is 2.19 bits per heavy atom. The van der Waals surface area contributed by atoms with E-state index < -0.39 is 0 Å². The van der Waals surface area contributed by atoms with Gasteiger partial charge in [-0.15, -0.1) is 0 Å². The molecule has 4 nitrogen and oxygen atoms in total. The Bertz CT molecular complexity index is 757. The summed E-state index contributed by atoms with van der Waals surface area (Å²) in [7, 11) is 1.97. The van der Waals surface area contributed by atoms with Gasteiger partial charge in [-0.05, 0) is 43.7 Å². The fourth-order valence-corrected chi connectivity index (χ4v) is 2.69. The fraction of sp³-hybridized carbons (Fsp3) is 0.312. The van der Waals surface area contributed by atoms with Crippen molar-refractivity contribution >= 4 is 22.5 Å². The molecule has 2 heterocycles. The Balaban J connectivity index is 1.59. The maximum absolute atomic E-state index is 6.07. The predicted molar refractivity (Wildman–Crippen MR) is 86.7 cm³/mol. The molecule has 0 radical (unpaired) electrons. The van der Waals surface area contributed by atoms with E-state index in [0.29, 0.717) is 0 Å². The Morgan fingerprint density at radius 1 is 1.33 bits per heavy atom. The predicted octanol–water partition coefficient (Wildman–Crippen LogP) is 3.20. The molecule has 0 saturated carbocycles. The van der Waals surface area contributed by atoms with Crippen molar-refractivity contribution in [3.63, 3.8) is 0 Å². The van der Waals surface area contributed by atoms with Gasteiger partial charge >= 0.3 is 0 Å². The highest BCUT2D eigenvalue weighted by molar-refractivity contribution is 6.31. The third-order valence-corrected chi connectivity index (χ3v) is 4.19. The topological polar surface area (TPSA) is 45.6 Å². The van der Waals surface area contributed by atoms with Gasteiger partial charge in [-0.2, -0.15) is 5.10 Å². The van der Waals surface area contributed by atoms with Crippen molar-refractivity contribution in [1.29, 1.82) is 0 Å². The summed E-state index contributed by atoms with van der Waals surface area (Å²) in [5.41, 5.74) is 4.89. The van der Waals surface area contributed by atoms with Crippen LogP contribution in [0.15, 0.2) is 30.6 Å². The maximum atomic E-state index is 6.07. The molecule has 0 atom stereocenters. The number of rotatable bonds is 5. The summed E-state index contributed by atoms with van der Waals surface area (Å²) in [6.45, 7) is 3.86. The van der Waals surface area contributed by atoms with Crippen LogP contribution in [-0.2, 0) is 20.0 Å². The molecule has 3 rings (SSSR count). The summed E-state index contributed by atoms with van der Waals surface area (Å²) in [5.74, 6) is 0. The lowest BCUT2D eigenvalue weighted by atomic mass is 10.1. The highest BCUT2D eigenvalue weighted by Gasteiger charge is 2.05. The number of nitrogens with one attached hydrogen (secondary N) is 2. The number of benzene rings is 1. The molecule has 0 spiro atoms. The first-order valence-corrected chi connectivity index (χ1v) is 7.46. The molecule has 21 heavy (non-hydrogen) atoms. The second-order valence-corrected chi connectivity index (χ2v) is 5.75. The number of aryl methyl sites for hydroxylation is 1. The quantitative estimate of drug-likeness (QED) is 0.711. The monoisotopic (exact) mass is 302 g/mol. The van der Waals surface area contributed by atoms with Gasteiger partial charge in [0.05, 0.1) is 6.20 Å². The normalized spacial score (nSPS) is 11.4. The van der Waals surface area contributed by atoms with Crippen molar-refractivity contribution in [3.8, 4) is 0 Å². The van der Waals surface area contributed by atoms with Crippen molar-refractivity contribution in [1.82, 2.24) is 20.1 Å². The summed E-state index contributed by atoms with van der Waals surface area (Å²) in [5, 5.41) is 9.72. The molecule has 0 bridgehead atoms. The van der Waals surface area contributed by atoms with Crippen molar-refractivity contribution < 1.29 is 0 Å².